The molecule has 2 rings (SSSR count). The maximum atomic E-state index is 11.6. The molecule has 1 amide bonds. The van der Waals surface area contributed by atoms with Gasteiger partial charge >= 0.3 is 0 Å². The van der Waals surface area contributed by atoms with Gasteiger partial charge in [0.05, 0.1) is 0 Å². The van der Waals surface area contributed by atoms with Crippen LogP contribution in [0.25, 0.3) is 0 Å². The molecule has 29 heavy (non-hydrogen) atoms. The number of halogens is 1. The molecule has 1 saturated heterocycles. The fraction of sp³-hybridized carbons (Fsp3) is 0.636. The molecule has 1 heterocycles. The summed E-state index contributed by atoms with van der Waals surface area (Å²) in [6.07, 6.45) is 2.71. The molecule has 0 bridgehead atoms. The molecule has 1 aliphatic rings. The van der Waals surface area contributed by atoms with Gasteiger partial charge in [-0.3, -0.25) is 14.7 Å². The first kappa shape index (κ1) is 25.7. The van der Waals surface area contributed by atoms with Crippen LogP contribution in [0.3, 0.4) is 0 Å². The van der Waals surface area contributed by atoms with E-state index in [0.29, 0.717) is 12.3 Å². The number of piperidine rings is 1. The average Bonchev–Trinajstić information content (AvgIpc) is 2.73. The maximum absolute atomic E-state index is 11.6. The number of carbonyl (C=O) groups excluding carboxylic acids is 1. The van der Waals surface area contributed by atoms with Crippen LogP contribution in [-0.4, -0.2) is 61.9 Å². The Kier molecular flexibility index (Phi) is 12.2. The van der Waals surface area contributed by atoms with E-state index in [9.17, 15) is 4.79 Å². The van der Waals surface area contributed by atoms with Gasteiger partial charge in [0, 0.05) is 46.7 Å². The molecule has 7 heteroatoms. The van der Waals surface area contributed by atoms with Crippen LogP contribution in [0.5, 0.6) is 0 Å². The van der Waals surface area contributed by atoms with E-state index < -0.39 is 0 Å². The Morgan fingerprint density at radius 3 is 2.45 bits per heavy atom. The highest BCUT2D eigenvalue weighted by atomic mass is 127. The summed E-state index contributed by atoms with van der Waals surface area (Å²) in [7, 11) is 3.55. The molecule has 1 fully saturated rings. The third-order valence-corrected chi connectivity index (χ3v) is 5.62. The predicted octanol–water partition coefficient (Wildman–Crippen LogP) is 3.07. The van der Waals surface area contributed by atoms with Gasteiger partial charge in [0.25, 0.3) is 0 Å². The van der Waals surface area contributed by atoms with Gasteiger partial charge in [0.15, 0.2) is 5.96 Å². The monoisotopic (exact) mass is 515 g/mol. The van der Waals surface area contributed by atoms with Gasteiger partial charge in [-0.25, -0.2) is 0 Å². The van der Waals surface area contributed by atoms with Crippen LogP contribution in [0.1, 0.15) is 44.2 Å². The number of aliphatic imine (C=N–C) groups is 1. The van der Waals surface area contributed by atoms with Crippen LogP contribution in [0, 0.1) is 5.92 Å². The second-order valence-corrected chi connectivity index (χ2v) is 7.49. The van der Waals surface area contributed by atoms with Crippen molar-refractivity contribution in [1.82, 2.24) is 20.4 Å². The van der Waals surface area contributed by atoms with Crippen molar-refractivity contribution in [3.8, 4) is 0 Å². The van der Waals surface area contributed by atoms with Gasteiger partial charge in [0.1, 0.15) is 0 Å². The molecule has 6 nitrogen and oxygen atoms in total. The zero-order valence-corrected chi connectivity index (χ0v) is 20.7. The Balaban J connectivity index is 0.00000420. The van der Waals surface area contributed by atoms with Crippen molar-refractivity contribution in [2.24, 2.45) is 10.9 Å². The molecule has 0 aromatic heterocycles. The fourth-order valence-electron chi connectivity index (χ4n) is 3.77. The van der Waals surface area contributed by atoms with Gasteiger partial charge in [-0.15, -0.1) is 24.0 Å². The second kappa shape index (κ2) is 13.8. The lowest BCUT2D eigenvalue weighted by molar-refractivity contribution is -0.121. The number of benzene rings is 1. The zero-order chi connectivity index (χ0) is 20.4. The molecule has 0 spiro atoms. The molecule has 0 radical (unpaired) electrons. The third-order valence-electron chi connectivity index (χ3n) is 5.62. The van der Waals surface area contributed by atoms with Gasteiger partial charge < -0.3 is 15.5 Å². The first-order valence-electron chi connectivity index (χ1n) is 10.6. The van der Waals surface area contributed by atoms with E-state index in [2.05, 4.69) is 63.5 Å². The molecule has 0 saturated carbocycles. The van der Waals surface area contributed by atoms with Gasteiger partial charge in [-0.2, -0.15) is 0 Å². The Labute approximate surface area is 193 Å². The summed E-state index contributed by atoms with van der Waals surface area (Å²) in [6, 6.07) is 8.80. The number of likely N-dealkylation sites (tertiary alicyclic amines) is 1. The van der Waals surface area contributed by atoms with Crippen molar-refractivity contribution < 1.29 is 4.79 Å². The predicted molar refractivity (Wildman–Crippen MR) is 132 cm³/mol. The van der Waals surface area contributed by atoms with E-state index in [0.717, 1.165) is 58.1 Å². The van der Waals surface area contributed by atoms with E-state index in [1.807, 2.05) is 7.05 Å². The van der Waals surface area contributed by atoms with Crippen LogP contribution in [0.15, 0.2) is 29.3 Å². The van der Waals surface area contributed by atoms with Crippen molar-refractivity contribution in [2.75, 3.05) is 40.3 Å². The van der Waals surface area contributed by atoms with Crippen molar-refractivity contribution in [2.45, 2.75) is 46.2 Å². The van der Waals surface area contributed by atoms with Crippen molar-refractivity contribution in [3.63, 3.8) is 0 Å². The molecule has 1 aromatic rings. The Bertz CT molecular complexity index is 640. The van der Waals surface area contributed by atoms with E-state index in [4.69, 9.17) is 0 Å². The number of nitrogens with one attached hydrogen (secondary N) is 2. The lowest BCUT2D eigenvalue weighted by Crippen LogP contribution is -2.45. The van der Waals surface area contributed by atoms with Crippen LogP contribution >= 0.6 is 24.0 Å². The summed E-state index contributed by atoms with van der Waals surface area (Å²) >= 11 is 0. The number of hydrogen-bond donors (Lipinski definition) is 2. The van der Waals surface area contributed by atoms with E-state index in [-0.39, 0.29) is 29.9 Å². The summed E-state index contributed by atoms with van der Waals surface area (Å²) in [5.74, 6) is 1.57. The first-order valence-corrected chi connectivity index (χ1v) is 10.6. The first-order chi connectivity index (χ1) is 13.6. The van der Waals surface area contributed by atoms with Crippen LogP contribution < -0.4 is 10.6 Å². The highest BCUT2D eigenvalue weighted by Gasteiger charge is 2.23. The van der Waals surface area contributed by atoms with E-state index >= 15 is 0 Å². The molecule has 0 unspecified atom stereocenters. The normalized spacial score (nSPS) is 15.2. The summed E-state index contributed by atoms with van der Waals surface area (Å²) in [4.78, 5) is 20.8. The SMILES string of the molecule is CCN(CC)Cc1cccc(CNC(=NC)N2CCC(CC(=O)NC)CC2)c1.I. The third kappa shape index (κ3) is 8.50. The minimum absolute atomic E-state index is 0. The van der Waals surface area contributed by atoms with Crippen LogP contribution in [0.4, 0.5) is 0 Å². The summed E-state index contributed by atoms with van der Waals surface area (Å²) in [6.45, 7) is 10.2. The summed E-state index contributed by atoms with van der Waals surface area (Å²) < 4.78 is 0. The topological polar surface area (TPSA) is 60.0 Å². The minimum Gasteiger partial charge on any atom is -0.359 e. The molecule has 0 aliphatic carbocycles. The zero-order valence-electron chi connectivity index (χ0n) is 18.4. The summed E-state index contributed by atoms with van der Waals surface area (Å²) in [5.41, 5.74) is 2.63. The van der Waals surface area contributed by atoms with E-state index in [1.54, 1.807) is 7.05 Å². The van der Waals surface area contributed by atoms with E-state index in [1.165, 1.54) is 11.1 Å². The van der Waals surface area contributed by atoms with Gasteiger partial charge in [-0.05, 0) is 43.0 Å². The average molecular weight is 515 g/mol. The van der Waals surface area contributed by atoms with Crippen molar-refractivity contribution in [3.05, 3.63) is 35.4 Å². The number of amides is 1. The largest absolute Gasteiger partial charge is 0.359 e. The Morgan fingerprint density at radius 1 is 1.21 bits per heavy atom. The summed E-state index contributed by atoms with van der Waals surface area (Å²) in [5, 5.41) is 6.24. The van der Waals surface area contributed by atoms with Crippen LogP contribution in [0.2, 0.25) is 0 Å². The molecule has 164 valence electrons. The van der Waals surface area contributed by atoms with Crippen LogP contribution in [-0.2, 0) is 17.9 Å². The highest BCUT2D eigenvalue weighted by molar-refractivity contribution is 14.0. The van der Waals surface area contributed by atoms with Crippen molar-refractivity contribution >= 4 is 35.8 Å². The Hall–Kier alpha value is -1.35. The molecular weight excluding hydrogens is 477 g/mol. The minimum atomic E-state index is 0. The molecule has 1 aromatic carbocycles. The van der Waals surface area contributed by atoms with Crippen molar-refractivity contribution in [1.29, 1.82) is 0 Å². The Morgan fingerprint density at radius 2 is 1.86 bits per heavy atom. The molecule has 0 atom stereocenters. The molecular formula is C22H38IN5O. The van der Waals surface area contributed by atoms with Gasteiger partial charge in [0.2, 0.25) is 5.91 Å². The fourth-order valence-corrected chi connectivity index (χ4v) is 3.77. The highest BCUT2D eigenvalue weighted by Crippen LogP contribution is 2.20. The smallest absolute Gasteiger partial charge is 0.220 e. The second-order valence-electron chi connectivity index (χ2n) is 7.49. The number of guanidine groups is 1. The number of hydrogen-bond acceptors (Lipinski definition) is 3. The maximum Gasteiger partial charge on any atom is 0.220 e. The molecule has 2 N–H and O–H groups in total. The standard InChI is InChI=1S/C22H37N5O.HI/c1-5-26(6-2)17-20-9-7-8-19(14-20)16-25-22(24-4)27-12-10-18(11-13-27)15-21(28)23-3;/h7-9,14,18H,5-6,10-13,15-17H2,1-4H3,(H,23,28)(H,24,25);1H. The quantitative estimate of drug-likeness (QED) is 0.318. The lowest BCUT2D eigenvalue weighted by Gasteiger charge is -2.34. The molecule has 1 aliphatic heterocycles. The van der Waals surface area contributed by atoms with Gasteiger partial charge in [-0.1, -0.05) is 38.1 Å². The number of nitrogens with zero attached hydrogens (tertiary/aromatic N) is 3. The number of rotatable bonds is 8. The lowest BCUT2D eigenvalue weighted by atomic mass is 9.93. The number of carbonyl (C=O) groups is 1.